The summed E-state index contributed by atoms with van der Waals surface area (Å²) >= 11 is 0. The molecule has 108 valence electrons. The molecule has 0 bridgehead atoms. The molecule has 20 heavy (non-hydrogen) atoms. The molecule has 0 spiro atoms. The zero-order chi connectivity index (χ0) is 14.4. The van der Waals surface area contributed by atoms with E-state index in [4.69, 9.17) is 4.74 Å². The molecule has 6 heteroatoms. The second kappa shape index (κ2) is 7.00. The quantitative estimate of drug-likeness (QED) is 0.815. The summed E-state index contributed by atoms with van der Waals surface area (Å²) in [7, 11) is 0. The van der Waals surface area contributed by atoms with Gasteiger partial charge < -0.3 is 15.4 Å². The van der Waals surface area contributed by atoms with Crippen LogP contribution in [0.2, 0.25) is 0 Å². The Morgan fingerprint density at radius 2 is 2.40 bits per heavy atom. The lowest BCUT2D eigenvalue weighted by molar-refractivity contribution is -0.134. The molecule has 1 aromatic heterocycles. The molecule has 1 unspecified atom stereocenters. The largest absolute Gasteiger partial charge is 0.368 e. The number of ether oxygens (including phenoxy) is 1. The molecule has 0 saturated carbocycles. The van der Waals surface area contributed by atoms with E-state index in [2.05, 4.69) is 15.6 Å². The van der Waals surface area contributed by atoms with Crippen molar-refractivity contribution in [2.24, 2.45) is 0 Å². The maximum Gasteiger partial charge on any atom is 0.249 e. The van der Waals surface area contributed by atoms with Gasteiger partial charge in [-0.15, -0.1) is 0 Å². The van der Waals surface area contributed by atoms with Gasteiger partial charge in [-0.3, -0.25) is 14.6 Å². The summed E-state index contributed by atoms with van der Waals surface area (Å²) < 4.78 is 5.27. The van der Waals surface area contributed by atoms with Crippen molar-refractivity contribution in [1.82, 2.24) is 15.6 Å². The van der Waals surface area contributed by atoms with E-state index in [-0.39, 0.29) is 11.8 Å². The van der Waals surface area contributed by atoms with Crippen molar-refractivity contribution in [3.05, 3.63) is 30.1 Å². The van der Waals surface area contributed by atoms with Gasteiger partial charge in [0.1, 0.15) is 12.1 Å². The molecule has 1 aromatic rings. The van der Waals surface area contributed by atoms with Gasteiger partial charge in [-0.05, 0) is 31.4 Å². The average Bonchev–Trinajstić information content (AvgIpc) is 3.00. The Bertz CT molecular complexity index is 458. The van der Waals surface area contributed by atoms with Crippen molar-refractivity contribution >= 4 is 11.8 Å². The summed E-state index contributed by atoms with van der Waals surface area (Å²) in [6.45, 7) is 2.66. The third-order valence-corrected chi connectivity index (χ3v) is 3.16. The molecule has 1 saturated heterocycles. The number of hydrogen-bond acceptors (Lipinski definition) is 4. The van der Waals surface area contributed by atoms with Gasteiger partial charge in [0.15, 0.2) is 0 Å². The van der Waals surface area contributed by atoms with Crippen molar-refractivity contribution < 1.29 is 14.3 Å². The number of amides is 2. The zero-order valence-corrected chi connectivity index (χ0v) is 11.5. The molecule has 1 fully saturated rings. The Morgan fingerprint density at radius 1 is 1.55 bits per heavy atom. The summed E-state index contributed by atoms with van der Waals surface area (Å²) in [5.41, 5.74) is 0.915. The zero-order valence-electron chi connectivity index (χ0n) is 11.5. The third kappa shape index (κ3) is 4.03. The maximum atomic E-state index is 11.9. The molecule has 1 aliphatic heterocycles. The summed E-state index contributed by atoms with van der Waals surface area (Å²) in [5.74, 6) is -0.438. The van der Waals surface area contributed by atoms with Gasteiger partial charge in [-0.2, -0.15) is 0 Å². The Morgan fingerprint density at radius 3 is 3.05 bits per heavy atom. The van der Waals surface area contributed by atoms with Crippen LogP contribution in [0.5, 0.6) is 0 Å². The predicted octanol–water partition coefficient (Wildman–Crippen LogP) is 0.382. The van der Waals surface area contributed by atoms with Crippen molar-refractivity contribution in [1.29, 1.82) is 0 Å². The van der Waals surface area contributed by atoms with Crippen LogP contribution in [0.15, 0.2) is 24.5 Å². The van der Waals surface area contributed by atoms with E-state index in [9.17, 15) is 9.59 Å². The van der Waals surface area contributed by atoms with Crippen LogP contribution >= 0.6 is 0 Å². The molecule has 2 heterocycles. The topological polar surface area (TPSA) is 80.3 Å². The molecular formula is C14H19N3O3. The molecule has 0 radical (unpaired) electrons. The molecule has 1 aliphatic rings. The SMILES string of the molecule is C[C@@H](NC(=O)C1CCCO1)C(=O)NCc1cccnc1. The van der Waals surface area contributed by atoms with Crippen LogP contribution < -0.4 is 10.6 Å². The number of carbonyl (C=O) groups is 2. The summed E-state index contributed by atoms with van der Waals surface area (Å²) in [6.07, 6.45) is 4.56. The van der Waals surface area contributed by atoms with Crippen LogP contribution in [0.25, 0.3) is 0 Å². The van der Waals surface area contributed by atoms with E-state index < -0.39 is 12.1 Å². The number of nitrogens with one attached hydrogen (secondary N) is 2. The van der Waals surface area contributed by atoms with Gasteiger partial charge in [0, 0.05) is 25.5 Å². The lowest BCUT2D eigenvalue weighted by atomic mass is 10.2. The first-order valence-electron chi connectivity index (χ1n) is 6.75. The first kappa shape index (κ1) is 14.5. The van der Waals surface area contributed by atoms with E-state index in [1.807, 2.05) is 12.1 Å². The van der Waals surface area contributed by atoms with Gasteiger partial charge >= 0.3 is 0 Å². The normalized spacial score (nSPS) is 19.4. The molecule has 2 atom stereocenters. The Kier molecular flexibility index (Phi) is 5.06. The first-order valence-corrected chi connectivity index (χ1v) is 6.75. The molecule has 0 aliphatic carbocycles. The third-order valence-electron chi connectivity index (χ3n) is 3.16. The van der Waals surface area contributed by atoms with Gasteiger partial charge in [-0.1, -0.05) is 6.07 Å². The number of nitrogens with zero attached hydrogens (tertiary/aromatic N) is 1. The monoisotopic (exact) mass is 277 g/mol. The number of aromatic nitrogens is 1. The Hall–Kier alpha value is -1.95. The molecule has 0 aromatic carbocycles. The van der Waals surface area contributed by atoms with Gasteiger partial charge in [0.25, 0.3) is 0 Å². The van der Waals surface area contributed by atoms with E-state index in [0.29, 0.717) is 13.2 Å². The lowest BCUT2D eigenvalue weighted by Gasteiger charge is -2.16. The number of hydrogen-bond donors (Lipinski definition) is 2. The number of pyridine rings is 1. The van der Waals surface area contributed by atoms with Gasteiger partial charge in [0.05, 0.1) is 0 Å². The second-order valence-corrected chi connectivity index (χ2v) is 4.81. The summed E-state index contributed by atoms with van der Waals surface area (Å²) in [6, 6.07) is 3.11. The summed E-state index contributed by atoms with van der Waals surface area (Å²) in [4.78, 5) is 27.7. The van der Waals surface area contributed by atoms with E-state index in [1.54, 1.807) is 19.3 Å². The Balaban J connectivity index is 1.75. The predicted molar refractivity (Wildman–Crippen MR) is 72.7 cm³/mol. The highest BCUT2D eigenvalue weighted by Crippen LogP contribution is 2.11. The fourth-order valence-electron chi connectivity index (χ4n) is 2.00. The highest BCUT2D eigenvalue weighted by Gasteiger charge is 2.26. The van der Waals surface area contributed by atoms with E-state index in [0.717, 1.165) is 18.4 Å². The van der Waals surface area contributed by atoms with Crippen molar-refractivity contribution in [3.63, 3.8) is 0 Å². The minimum absolute atomic E-state index is 0.216. The highest BCUT2D eigenvalue weighted by molar-refractivity contribution is 5.89. The smallest absolute Gasteiger partial charge is 0.249 e. The minimum Gasteiger partial charge on any atom is -0.368 e. The Labute approximate surface area is 117 Å². The number of rotatable bonds is 5. The van der Waals surface area contributed by atoms with Crippen molar-refractivity contribution in [2.75, 3.05) is 6.61 Å². The number of carbonyl (C=O) groups excluding carboxylic acids is 2. The van der Waals surface area contributed by atoms with E-state index >= 15 is 0 Å². The van der Waals surface area contributed by atoms with Gasteiger partial charge in [0.2, 0.25) is 11.8 Å². The molecule has 2 amide bonds. The van der Waals surface area contributed by atoms with Crippen LogP contribution in [-0.2, 0) is 20.9 Å². The standard InChI is InChI=1S/C14H19N3O3/c1-10(17-14(19)12-5-3-7-20-12)13(18)16-9-11-4-2-6-15-8-11/h2,4,6,8,10,12H,3,5,7,9H2,1H3,(H,16,18)(H,17,19)/t10-,12?/m1/s1. The maximum absolute atomic E-state index is 11.9. The first-order chi connectivity index (χ1) is 9.66. The van der Waals surface area contributed by atoms with E-state index in [1.165, 1.54) is 0 Å². The fourth-order valence-corrected chi connectivity index (χ4v) is 2.00. The average molecular weight is 277 g/mol. The van der Waals surface area contributed by atoms with Crippen LogP contribution in [0.1, 0.15) is 25.3 Å². The van der Waals surface area contributed by atoms with Crippen LogP contribution in [0, 0.1) is 0 Å². The molecular weight excluding hydrogens is 258 g/mol. The second-order valence-electron chi connectivity index (χ2n) is 4.81. The molecule has 2 rings (SSSR count). The fraction of sp³-hybridized carbons (Fsp3) is 0.500. The highest BCUT2D eigenvalue weighted by atomic mass is 16.5. The molecule has 6 nitrogen and oxygen atoms in total. The molecule has 2 N–H and O–H groups in total. The van der Waals surface area contributed by atoms with Crippen LogP contribution in [-0.4, -0.2) is 35.6 Å². The van der Waals surface area contributed by atoms with Crippen molar-refractivity contribution in [3.8, 4) is 0 Å². The van der Waals surface area contributed by atoms with Crippen LogP contribution in [0.4, 0.5) is 0 Å². The summed E-state index contributed by atoms with van der Waals surface area (Å²) in [5, 5.41) is 5.43. The lowest BCUT2D eigenvalue weighted by Crippen LogP contribution is -2.47. The van der Waals surface area contributed by atoms with Crippen molar-refractivity contribution in [2.45, 2.75) is 38.5 Å². The van der Waals surface area contributed by atoms with Crippen LogP contribution in [0.3, 0.4) is 0 Å². The van der Waals surface area contributed by atoms with Gasteiger partial charge in [-0.25, -0.2) is 0 Å². The minimum atomic E-state index is -0.580.